The Morgan fingerprint density at radius 2 is 2.12 bits per heavy atom. The molecule has 0 fully saturated rings. The topological polar surface area (TPSA) is 70.8 Å². The van der Waals surface area contributed by atoms with Crippen molar-refractivity contribution in [3.05, 3.63) is 17.9 Å². The van der Waals surface area contributed by atoms with Gasteiger partial charge >= 0.3 is 0 Å². The Labute approximate surface area is 91.3 Å². The number of furan rings is 1. The Kier molecular flexibility index (Phi) is 4.00. The first-order valence-corrected chi connectivity index (χ1v) is 5.76. The van der Waals surface area contributed by atoms with Gasteiger partial charge < -0.3 is 9.52 Å². The minimum atomic E-state index is -4.05. The van der Waals surface area contributed by atoms with E-state index in [1.807, 2.05) is 0 Å². The maximum Gasteiger partial charge on any atom is 0.276 e. The Morgan fingerprint density at radius 3 is 2.56 bits per heavy atom. The van der Waals surface area contributed by atoms with E-state index in [9.17, 15) is 17.2 Å². The van der Waals surface area contributed by atoms with Gasteiger partial charge in [-0.15, -0.1) is 0 Å². The van der Waals surface area contributed by atoms with Crippen LogP contribution in [0.25, 0.3) is 0 Å². The van der Waals surface area contributed by atoms with Crippen molar-refractivity contribution < 1.29 is 26.7 Å². The summed E-state index contributed by atoms with van der Waals surface area (Å²) < 4.78 is 52.6. The average Bonchev–Trinajstić information content (AvgIpc) is 2.65. The SMILES string of the molecule is CN(CC(F)F)S(=O)(=O)c1ccc(CO)o1. The molecule has 0 spiro atoms. The van der Waals surface area contributed by atoms with Gasteiger partial charge in [0.25, 0.3) is 16.4 Å². The number of aliphatic hydroxyl groups is 1. The van der Waals surface area contributed by atoms with E-state index in [4.69, 9.17) is 9.52 Å². The third-order valence-electron chi connectivity index (χ3n) is 1.85. The fourth-order valence-corrected chi connectivity index (χ4v) is 2.10. The van der Waals surface area contributed by atoms with Crippen LogP contribution in [-0.4, -0.2) is 37.8 Å². The third-order valence-corrected chi connectivity index (χ3v) is 3.55. The van der Waals surface area contributed by atoms with Crippen molar-refractivity contribution >= 4 is 10.0 Å². The van der Waals surface area contributed by atoms with Gasteiger partial charge in [0.2, 0.25) is 5.09 Å². The molecule has 0 saturated heterocycles. The summed E-state index contributed by atoms with van der Waals surface area (Å²) >= 11 is 0. The van der Waals surface area contributed by atoms with Gasteiger partial charge in [-0.2, -0.15) is 4.31 Å². The van der Waals surface area contributed by atoms with Gasteiger partial charge in [-0.3, -0.25) is 0 Å². The van der Waals surface area contributed by atoms with E-state index >= 15 is 0 Å². The molecule has 0 unspecified atom stereocenters. The predicted octanol–water partition coefficient (Wildman–Crippen LogP) is 0.658. The summed E-state index contributed by atoms with van der Waals surface area (Å²) in [5, 5.41) is 8.22. The number of rotatable bonds is 5. The Hall–Kier alpha value is -0.990. The van der Waals surface area contributed by atoms with Crippen molar-refractivity contribution in [2.24, 2.45) is 0 Å². The summed E-state index contributed by atoms with van der Waals surface area (Å²) in [4.78, 5) is 0. The Balaban J connectivity index is 2.92. The highest BCUT2D eigenvalue weighted by Gasteiger charge is 2.26. The monoisotopic (exact) mass is 255 g/mol. The Morgan fingerprint density at radius 1 is 1.50 bits per heavy atom. The number of alkyl halides is 2. The fourth-order valence-electron chi connectivity index (χ4n) is 1.03. The number of nitrogens with zero attached hydrogens (tertiary/aromatic N) is 1. The molecule has 0 aliphatic carbocycles. The van der Waals surface area contributed by atoms with Crippen molar-refractivity contribution in [1.82, 2.24) is 4.31 Å². The molecule has 0 radical (unpaired) electrons. The summed E-state index contributed by atoms with van der Waals surface area (Å²) in [5.41, 5.74) is 0. The lowest BCUT2D eigenvalue weighted by Crippen LogP contribution is -2.31. The molecule has 0 aliphatic rings. The lowest BCUT2D eigenvalue weighted by atomic mass is 10.5. The molecule has 5 nitrogen and oxygen atoms in total. The zero-order chi connectivity index (χ0) is 12.3. The first-order chi connectivity index (χ1) is 7.37. The molecule has 1 aromatic rings. The van der Waals surface area contributed by atoms with Gasteiger partial charge in [0, 0.05) is 7.05 Å². The van der Waals surface area contributed by atoms with Crippen LogP contribution in [0.3, 0.4) is 0 Å². The molecule has 92 valence electrons. The molecule has 0 aromatic carbocycles. The van der Waals surface area contributed by atoms with Gasteiger partial charge in [0.15, 0.2) is 0 Å². The predicted molar refractivity (Wildman–Crippen MR) is 50.5 cm³/mol. The zero-order valence-corrected chi connectivity index (χ0v) is 9.25. The van der Waals surface area contributed by atoms with Crippen LogP contribution in [0.15, 0.2) is 21.6 Å². The minimum absolute atomic E-state index is 0.0593. The van der Waals surface area contributed by atoms with Crippen molar-refractivity contribution in [2.75, 3.05) is 13.6 Å². The largest absolute Gasteiger partial charge is 0.446 e. The quantitative estimate of drug-likeness (QED) is 0.839. The van der Waals surface area contributed by atoms with Gasteiger partial charge in [0.05, 0.1) is 6.54 Å². The fraction of sp³-hybridized carbons (Fsp3) is 0.500. The van der Waals surface area contributed by atoms with Crippen LogP contribution < -0.4 is 0 Å². The molecule has 1 aromatic heterocycles. The molecular weight excluding hydrogens is 244 g/mol. The summed E-state index contributed by atoms with van der Waals surface area (Å²) in [7, 11) is -3.02. The smallest absolute Gasteiger partial charge is 0.276 e. The minimum Gasteiger partial charge on any atom is -0.446 e. The van der Waals surface area contributed by atoms with Gasteiger partial charge in [0.1, 0.15) is 12.4 Å². The maximum absolute atomic E-state index is 12.0. The second-order valence-corrected chi connectivity index (χ2v) is 5.03. The molecule has 0 amide bonds. The van der Waals surface area contributed by atoms with E-state index in [2.05, 4.69) is 0 Å². The van der Waals surface area contributed by atoms with Crippen LogP contribution in [0.2, 0.25) is 0 Å². The average molecular weight is 255 g/mol. The highest BCUT2D eigenvalue weighted by molar-refractivity contribution is 7.89. The van der Waals surface area contributed by atoms with E-state index in [1.54, 1.807) is 0 Å². The van der Waals surface area contributed by atoms with E-state index < -0.39 is 34.7 Å². The molecule has 0 aliphatic heterocycles. The van der Waals surface area contributed by atoms with E-state index in [0.29, 0.717) is 4.31 Å². The Bertz CT molecular complexity index is 443. The molecule has 0 saturated carbocycles. The van der Waals surface area contributed by atoms with Crippen LogP contribution in [-0.2, 0) is 16.6 Å². The molecule has 16 heavy (non-hydrogen) atoms. The van der Waals surface area contributed by atoms with Crippen molar-refractivity contribution in [1.29, 1.82) is 0 Å². The van der Waals surface area contributed by atoms with Crippen LogP contribution in [0.4, 0.5) is 8.78 Å². The number of hydrogen-bond acceptors (Lipinski definition) is 4. The van der Waals surface area contributed by atoms with E-state index in [1.165, 1.54) is 6.07 Å². The van der Waals surface area contributed by atoms with Crippen LogP contribution in [0.5, 0.6) is 0 Å². The van der Waals surface area contributed by atoms with Crippen LogP contribution in [0.1, 0.15) is 5.76 Å². The van der Waals surface area contributed by atoms with Gasteiger partial charge in [-0.1, -0.05) is 0 Å². The van der Waals surface area contributed by atoms with Crippen molar-refractivity contribution in [3.63, 3.8) is 0 Å². The van der Waals surface area contributed by atoms with Crippen LogP contribution in [0, 0.1) is 0 Å². The van der Waals surface area contributed by atoms with Gasteiger partial charge in [-0.05, 0) is 12.1 Å². The molecule has 8 heteroatoms. The zero-order valence-electron chi connectivity index (χ0n) is 8.43. The summed E-state index contributed by atoms with van der Waals surface area (Å²) in [6.45, 7) is -1.36. The first kappa shape index (κ1) is 13.1. The van der Waals surface area contributed by atoms with Crippen molar-refractivity contribution in [3.8, 4) is 0 Å². The molecule has 1 N–H and O–H groups in total. The third kappa shape index (κ3) is 2.77. The molecule has 1 rings (SSSR count). The van der Waals surface area contributed by atoms with Crippen molar-refractivity contribution in [2.45, 2.75) is 18.1 Å². The second-order valence-electron chi connectivity index (χ2n) is 3.06. The molecule has 0 bridgehead atoms. The standard InChI is InChI=1S/C8H11F2NO4S/c1-11(4-7(9)10)16(13,14)8-3-2-6(5-12)15-8/h2-3,7,12H,4-5H2,1H3. The second kappa shape index (κ2) is 4.89. The summed E-state index contributed by atoms with van der Waals surface area (Å²) in [6.07, 6.45) is -2.76. The number of hydrogen-bond donors (Lipinski definition) is 1. The van der Waals surface area contributed by atoms with E-state index in [-0.39, 0.29) is 5.76 Å². The highest BCUT2D eigenvalue weighted by atomic mass is 32.2. The molecule has 0 atom stereocenters. The number of sulfonamides is 1. The normalized spacial score (nSPS) is 12.6. The summed E-state index contributed by atoms with van der Waals surface area (Å²) in [6, 6.07) is 2.38. The first-order valence-electron chi connectivity index (χ1n) is 4.32. The van der Waals surface area contributed by atoms with Crippen LogP contribution >= 0.6 is 0 Å². The number of halogens is 2. The van der Waals surface area contributed by atoms with E-state index in [0.717, 1.165) is 13.1 Å². The maximum atomic E-state index is 12.0. The highest BCUT2D eigenvalue weighted by Crippen LogP contribution is 2.18. The lowest BCUT2D eigenvalue weighted by molar-refractivity contribution is 0.126. The molecule has 1 heterocycles. The summed E-state index contributed by atoms with van der Waals surface area (Å²) in [5.74, 6) is 0.0593. The number of aliphatic hydroxyl groups excluding tert-OH is 1. The molecular formula is C8H11F2NO4S. The van der Waals surface area contributed by atoms with Gasteiger partial charge in [-0.25, -0.2) is 17.2 Å². The lowest BCUT2D eigenvalue weighted by Gasteiger charge is -2.14.